The average Bonchev–Trinajstić information content (AvgIpc) is 3.10. The lowest BCUT2D eigenvalue weighted by Crippen LogP contribution is -2.59. The molecular formula is C24H29BrN2O. The van der Waals surface area contributed by atoms with Gasteiger partial charge in [-0.25, -0.2) is 0 Å². The van der Waals surface area contributed by atoms with Gasteiger partial charge in [0, 0.05) is 34.5 Å². The Morgan fingerprint density at radius 1 is 1.07 bits per heavy atom. The van der Waals surface area contributed by atoms with Crippen LogP contribution in [0.3, 0.4) is 0 Å². The van der Waals surface area contributed by atoms with Gasteiger partial charge in [-0.15, -0.1) is 0 Å². The topological polar surface area (TPSA) is 36.1 Å². The van der Waals surface area contributed by atoms with Crippen molar-refractivity contribution in [2.24, 2.45) is 17.3 Å². The smallest absolute Gasteiger partial charge is 0.228 e. The summed E-state index contributed by atoms with van der Waals surface area (Å²) in [6.07, 6.45) is 11.7. The fourth-order valence-corrected chi connectivity index (χ4v) is 9.01. The summed E-state index contributed by atoms with van der Waals surface area (Å²) in [5.41, 5.74) is 2.62. The van der Waals surface area contributed by atoms with E-state index in [1.54, 1.807) is 0 Å². The van der Waals surface area contributed by atoms with Gasteiger partial charge in [-0.1, -0.05) is 34.1 Å². The molecule has 3 nitrogen and oxygen atoms in total. The van der Waals surface area contributed by atoms with Gasteiger partial charge in [0.05, 0.1) is 5.41 Å². The summed E-state index contributed by atoms with van der Waals surface area (Å²) in [5, 5.41) is 1.36. The molecule has 4 saturated carbocycles. The van der Waals surface area contributed by atoms with Crippen LogP contribution in [0, 0.1) is 17.3 Å². The predicted octanol–water partition coefficient (Wildman–Crippen LogP) is 5.61. The van der Waals surface area contributed by atoms with Crippen molar-refractivity contribution in [3.63, 3.8) is 0 Å². The van der Waals surface area contributed by atoms with Crippen molar-refractivity contribution in [2.75, 3.05) is 13.1 Å². The van der Waals surface area contributed by atoms with Crippen molar-refractivity contribution in [3.8, 4) is 0 Å². The number of aromatic nitrogens is 1. The SMILES string of the molecule is O=C(N1CCC(c2c[nH]c3ccccc23)CC1)C12CC3CC(CC(Br)(C3)C1)C2. The maximum absolute atomic E-state index is 13.7. The minimum Gasteiger partial charge on any atom is -0.361 e. The number of hydrogen-bond acceptors (Lipinski definition) is 1. The molecule has 1 amide bonds. The molecule has 4 bridgehead atoms. The van der Waals surface area contributed by atoms with Gasteiger partial charge in [0.2, 0.25) is 5.91 Å². The molecule has 5 fully saturated rings. The first-order valence-corrected chi connectivity index (χ1v) is 11.9. The Kier molecular flexibility index (Phi) is 3.83. The Bertz CT molecular complexity index is 912. The lowest BCUT2D eigenvalue weighted by Gasteiger charge is -2.60. The van der Waals surface area contributed by atoms with Crippen LogP contribution in [0.2, 0.25) is 0 Å². The Balaban J connectivity index is 1.19. The molecule has 1 aliphatic heterocycles. The number of benzene rings is 1. The number of nitrogens with zero attached hydrogens (tertiary/aromatic N) is 1. The molecule has 1 saturated heterocycles. The largest absolute Gasteiger partial charge is 0.361 e. The first kappa shape index (κ1) is 17.6. The molecule has 1 aromatic heterocycles. The van der Waals surface area contributed by atoms with E-state index in [1.165, 1.54) is 35.7 Å². The number of halogens is 1. The van der Waals surface area contributed by atoms with Crippen LogP contribution >= 0.6 is 15.9 Å². The normalized spacial score (nSPS) is 37.7. The Morgan fingerprint density at radius 3 is 2.50 bits per heavy atom. The number of hydrogen-bond donors (Lipinski definition) is 1. The number of aromatic amines is 1. The van der Waals surface area contributed by atoms with Crippen LogP contribution in [-0.4, -0.2) is 33.2 Å². The summed E-state index contributed by atoms with van der Waals surface area (Å²) < 4.78 is 0.259. The highest BCUT2D eigenvalue weighted by atomic mass is 79.9. The quantitative estimate of drug-likeness (QED) is 0.605. The zero-order valence-corrected chi connectivity index (χ0v) is 18.0. The number of fused-ring (bicyclic) bond motifs is 1. The van der Waals surface area contributed by atoms with E-state index in [4.69, 9.17) is 0 Å². The van der Waals surface area contributed by atoms with Crippen LogP contribution in [0.4, 0.5) is 0 Å². The Labute approximate surface area is 175 Å². The minimum atomic E-state index is -0.0544. The van der Waals surface area contributed by atoms with Gasteiger partial charge in [0.25, 0.3) is 0 Å². The Morgan fingerprint density at radius 2 is 1.79 bits per heavy atom. The summed E-state index contributed by atoms with van der Waals surface area (Å²) in [6, 6.07) is 8.59. The summed E-state index contributed by atoms with van der Waals surface area (Å²) in [4.78, 5) is 19.4. The predicted molar refractivity (Wildman–Crippen MR) is 116 cm³/mol. The van der Waals surface area contributed by atoms with Crippen molar-refractivity contribution in [3.05, 3.63) is 36.0 Å². The minimum absolute atomic E-state index is 0.0544. The van der Waals surface area contributed by atoms with Crippen LogP contribution in [-0.2, 0) is 4.79 Å². The molecule has 0 radical (unpaired) electrons. The number of H-pyrrole nitrogens is 1. The molecule has 28 heavy (non-hydrogen) atoms. The highest BCUT2D eigenvalue weighted by molar-refractivity contribution is 9.10. The highest BCUT2D eigenvalue weighted by Gasteiger charge is 2.60. The van der Waals surface area contributed by atoms with Gasteiger partial charge in [-0.3, -0.25) is 4.79 Å². The zero-order valence-electron chi connectivity index (χ0n) is 16.4. The number of amides is 1. The monoisotopic (exact) mass is 440 g/mol. The number of rotatable bonds is 2. The van der Waals surface area contributed by atoms with Gasteiger partial charge in [0.1, 0.15) is 0 Å². The van der Waals surface area contributed by atoms with E-state index in [0.29, 0.717) is 11.8 Å². The molecule has 7 rings (SSSR count). The molecule has 5 aliphatic rings. The van der Waals surface area contributed by atoms with E-state index in [2.05, 4.69) is 56.3 Å². The number of likely N-dealkylation sites (tertiary alicyclic amines) is 1. The first-order valence-electron chi connectivity index (χ1n) is 11.1. The van der Waals surface area contributed by atoms with Gasteiger partial charge in [0.15, 0.2) is 0 Å². The van der Waals surface area contributed by atoms with Crippen molar-refractivity contribution in [1.82, 2.24) is 9.88 Å². The van der Waals surface area contributed by atoms with E-state index in [0.717, 1.165) is 57.0 Å². The lowest BCUT2D eigenvalue weighted by molar-refractivity contribution is -0.156. The molecule has 2 atom stereocenters. The third-order valence-electron chi connectivity index (χ3n) is 8.29. The van der Waals surface area contributed by atoms with Crippen LogP contribution in [0.15, 0.2) is 30.5 Å². The zero-order chi connectivity index (χ0) is 18.9. The molecule has 148 valence electrons. The lowest BCUT2D eigenvalue weighted by atomic mass is 9.49. The second kappa shape index (κ2) is 6.10. The molecule has 2 aromatic rings. The molecule has 1 aromatic carbocycles. The molecule has 0 spiro atoms. The number of piperidine rings is 1. The van der Waals surface area contributed by atoms with E-state index >= 15 is 0 Å². The average molecular weight is 441 g/mol. The van der Waals surface area contributed by atoms with Gasteiger partial charge < -0.3 is 9.88 Å². The maximum atomic E-state index is 13.7. The summed E-state index contributed by atoms with van der Waals surface area (Å²) >= 11 is 4.07. The van der Waals surface area contributed by atoms with E-state index < -0.39 is 0 Å². The number of alkyl halides is 1. The first-order chi connectivity index (χ1) is 13.5. The molecule has 4 heteroatoms. The van der Waals surface area contributed by atoms with Crippen molar-refractivity contribution < 1.29 is 4.79 Å². The molecule has 4 aliphatic carbocycles. The Hall–Kier alpha value is -1.29. The van der Waals surface area contributed by atoms with E-state index in [9.17, 15) is 4.79 Å². The van der Waals surface area contributed by atoms with E-state index in [1.807, 2.05) is 0 Å². The van der Waals surface area contributed by atoms with Crippen molar-refractivity contribution in [1.29, 1.82) is 0 Å². The summed E-state index contributed by atoms with van der Waals surface area (Å²) in [5.74, 6) is 2.60. The number of carbonyl (C=O) groups excluding carboxylic acids is 1. The van der Waals surface area contributed by atoms with Crippen LogP contribution in [0.1, 0.15) is 62.8 Å². The maximum Gasteiger partial charge on any atom is 0.228 e. The van der Waals surface area contributed by atoms with Crippen molar-refractivity contribution >= 4 is 32.7 Å². The highest BCUT2D eigenvalue weighted by Crippen LogP contribution is 2.65. The standard InChI is InChI=1S/C24H29BrN2O/c25-24-12-16-9-17(13-24)11-23(10-16,15-24)22(28)27-7-5-18(6-8-27)20-14-26-21-4-2-1-3-19(20)21/h1-4,14,16-18,26H,5-13,15H2. The van der Waals surface area contributed by atoms with Crippen LogP contribution < -0.4 is 0 Å². The van der Waals surface area contributed by atoms with Gasteiger partial charge in [-0.05, 0) is 80.8 Å². The second-order valence-corrected chi connectivity index (χ2v) is 11.9. The van der Waals surface area contributed by atoms with Gasteiger partial charge >= 0.3 is 0 Å². The summed E-state index contributed by atoms with van der Waals surface area (Å²) in [6.45, 7) is 1.85. The van der Waals surface area contributed by atoms with E-state index in [-0.39, 0.29) is 9.74 Å². The fourth-order valence-electron chi connectivity index (χ4n) is 7.56. The van der Waals surface area contributed by atoms with Crippen molar-refractivity contribution in [2.45, 2.75) is 61.6 Å². The third-order valence-corrected chi connectivity index (χ3v) is 9.21. The number of nitrogens with one attached hydrogen (secondary N) is 1. The van der Waals surface area contributed by atoms with Gasteiger partial charge in [-0.2, -0.15) is 0 Å². The molecular weight excluding hydrogens is 412 g/mol. The number of carbonyl (C=O) groups is 1. The second-order valence-electron chi connectivity index (χ2n) is 10.2. The third kappa shape index (κ3) is 2.63. The molecule has 2 unspecified atom stereocenters. The van der Waals surface area contributed by atoms with Crippen LogP contribution in [0.5, 0.6) is 0 Å². The van der Waals surface area contributed by atoms with Crippen LogP contribution in [0.25, 0.3) is 10.9 Å². The fraction of sp³-hybridized carbons (Fsp3) is 0.625. The molecule has 1 N–H and O–H groups in total. The number of para-hydroxylation sites is 1. The summed E-state index contributed by atoms with van der Waals surface area (Å²) in [7, 11) is 0. The molecule has 2 heterocycles.